The van der Waals surface area contributed by atoms with Gasteiger partial charge in [0.25, 0.3) is 5.69 Å². The summed E-state index contributed by atoms with van der Waals surface area (Å²) in [6, 6.07) is 2.79. The quantitative estimate of drug-likeness (QED) is 0.653. The Morgan fingerprint density at radius 1 is 1.33 bits per heavy atom. The molecule has 2 rings (SSSR count). The second-order valence-electron chi connectivity index (χ2n) is 4.89. The van der Waals surface area contributed by atoms with Crippen LogP contribution in [0.4, 0.5) is 15.8 Å². The number of non-ortho nitro benzene ring substituents is 1. The highest BCUT2D eigenvalue weighted by Gasteiger charge is 2.38. The van der Waals surface area contributed by atoms with Crippen molar-refractivity contribution in [2.24, 2.45) is 11.8 Å². The monoisotopic (exact) mass is 296 g/mol. The summed E-state index contributed by atoms with van der Waals surface area (Å²) in [6.07, 6.45) is 1.40. The van der Waals surface area contributed by atoms with E-state index in [0.717, 1.165) is 18.2 Å². The van der Waals surface area contributed by atoms with Gasteiger partial charge in [0.05, 0.1) is 22.4 Å². The van der Waals surface area contributed by atoms with Gasteiger partial charge in [-0.05, 0) is 18.9 Å². The number of rotatable bonds is 4. The minimum atomic E-state index is -1.06. The summed E-state index contributed by atoms with van der Waals surface area (Å²) in [4.78, 5) is 33.0. The Morgan fingerprint density at radius 2 is 2.00 bits per heavy atom. The van der Waals surface area contributed by atoms with Gasteiger partial charge < -0.3 is 10.4 Å². The van der Waals surface area contributed by atoms with Crippen molar-refractivity contribution < 1.29 is 24.0 Å². The SMILES string of the molecule is O=C(O)C1CCCC1C(=O)Nc1cc([N+](=O)[O-])ccc1F. The Bertz CT molecular complexity index is 604. The first kappa shape index (κ1) is 14.9. The fraction of sp³-hybridized carbons (Fsp3) is 0.385. The van der Waals surface area contributed by atoms with Crippen LogP contribution in [0.3, 0.4) is 0 Å². The summed E-state index contributed by atoms with van der Waals surface area (Å²) in [7, 11) is 0. The number of hydrogen-bond donors (Lipinski definition) is 2. The van der Waals surface area contributed by atoms with Gasteiger partial charge >= 0.3 is 5.97 Å². The highest BCUT2D eigenvalue weighted by molar-refractivity contribution is 5.95. The molecule has 0 aliphatic heterocycles. The number of nitrogens with one attached hydrogen (secondary N) is 1. The second-order valence-corrected chi connectivity index (χ2v) is 4.89. The Balaban J connectivity index is 2.18. The Hall–Kier alpha value is -2.51. The second kappa shape index (κ2) is 5.86. The molecule has 112 valence electrons. The number of hydrogen-bond acceptors (Lipinski definition) is 4. The Kier molecular flexibility index (Phi) is 4.15. The molecule has 0 radical (unpaired) electrons. The molecular weight excluding hydrogens is 283 g/mol. The van der Waals surface area contributed by atoms with E-state index in [9.17, 15) is 24.1 Å². The summed E-state index contributed by atoms with van der Waals surface area (Å²) in [5.41, 5.74) is -0.668. The smallest absolute Gasteiger partial charge is 0.307 e. The van der Waals surface area contributed by atoms with Crippen LogP contribution in [-0.2, 0) is 9.59 Å². The molecule has 7 nitrogen and oxygen atoms in total. The zero-order valence-corrected chi connectivity index (χ0v) is 10.9. The average Bonchev–Trinajstić information content (AvgIpc) is 2.90. The molecular formula is C13H13FN2O5. The zero-order valence-electron chi connectivity index (χ0n) is 10.9. The Labute approximate surface area is 118 Å². The van der Waals surface area contributed by atoms with Gasteiger partial charge in [0.15, 0.2) is 0 Å². The molecule has 0 bridgehead atoms. The minimum absolute atomic E-state index is 0.315. The third-order valence-corrected chi connectivity index (χ3v) is 3.59. The van der Waals surface area contributed by atoms with Gasteiger partial charge in [-0.2, -0.15) is 0 Å². The number of carboxylic acids is 1. The molecule has 21 heavy (non-hydrogen) atoms. The number of carboxylic acid groups (broad SMARTS) is 1. The van der Waals surface area contributed by atoms with E-state index in [-0.39, 0.29) is 11.4 Å². The van der Waals surface area contributed by atoms with Crippen molar-refractivity contribution in [1.29, 1.82) is 0 Å². The number of carbonyl (C=O) groups is 2. The number of anilines is 1. The number of nitro benzene ring substituents is 1. The van der Waals surface area contributed by atoms with Crippen LogP contribution in [0.25, 0.3) is 0 Å². The van der Waals surface area contributed by atoms with Gasteiger partial charge in [0.1, 0.15) is 5.82 Å². The molecule has 2 N–H and O–H groups in total. The van der Waals surface area contributed by atoms with Crippen molar-refractivity contribution in [2.75, 3.05) is 5.32 Å². The predicted molar refractivity (Wildman–Crippen MR) is 70.2 cm³/mol. The van der Waals surface area contributed by atoms with E-state index in [2.05, 4.69) is 5.32 Å². The third-order valence-electron chi connectivity index (χ3n) is 3.59. The van der Waals surface area contributed by atoms with E-state index in [4.69, 9.17) is 5.11 Å². The molecule has 8 heteroatoms. The first-order valence-corrected chi connectivity index (χ1v) is 6.37. The highest BCUT2D eigenvalue weighted by atomic mass is 19.1. The van der Waals surface area contributed by atoms with Crippen molar-refractivity contribution in [3.63, 3.8) is 0 Å². The lowest BCUT2D eigenvalue weighted by molar-refractivity contribution is -0.384. The summed E-state index contributed by atoms with van der Waals surface area (Å²) in [6.45, 7) is 0. The van der Waals surface area contributed by atoms with E-state index < -0.39 is 34.5 Å². The van der Waals surface area contributed by atoms with Gasteiger partial charge in [0.2, 0.25) is 5.91 Å². The molecule has 0 spiro atoms. The fourth-order valence-electron chi connectivity index (χ4n) is 2.52. The lowest BCUT2D eigenvalue weighted by Crippen LogP contribution is -2.30. The van der Waals surface area contributed by atoms with Crippen molar-refractivity contribution in [1.82, 2.24) is 0 Å². The summed E-state index contributed by atoms with van der Waals surface area (Å²) >= 11 is 0. The molecule has 1 aliphatic rings. The third kappa shape index (κ3) is 3.15. The van der Waals surface area contributed by atoms with E-state index in [1.165, 1.54) is 0 Å². The van der Waals surface area contributed by atoms with Gasteiger partial charge in [0, 0.05) is 12.1 Å². The molecule has 0 aromatic heterocycles. The molecule has 1 aliphatic carbocycles. The fourth-order valence-corrected chi connectivity index (χ4v) is 2.52. The number of benzene rings is 1. The average molecular weight is 296 g/mol. The summed E-state index contributed by atoms with van der Waals surface area (Å²) < 4.78 is 13.6. The van der Waals surface area contributed by atoms with Crippen LogP contribution in [0.1, 0.15) is 19.3 Å². The topological polar surface area (TPSA) is 110 Å². The van der Waals surface area contributed by atoms with Crippen LogP contribution in [0.15, 0.2) is 18.2 Å². The normalized spacial score (nSPS) is 21.0. The van der Waals surface area contributed by atoms with Gasteiger partial charge in [-0.3, -0.25) is 19.7 Å². The summed E-state index contributed by atoms with van der Waals surface area (Å²) in [5.74, 6) is -4.04. The predicted octanol–water partition coefficient (Wildman–Crippen LogP) is 2.17. The molecule has 1 aromatic carbocycles. The van der Waals surface area contributed by atoms with Gasteiger partial charge in [-0.15, -0.1) is 0 Å². The largest absolute Gasteiger partial charge is 0.481 e. The molecule has 1 aromatic rings. The molecule has 2 atom stereocenters. The van der Waals surface area contributed by atoms with Crippen LogP contribution in [-0.4, -0.2) is 21.9 Å². The van der Waals surface area contributed by atoms with Crippen LogP contribution in [0.5, 0.6) is 0 Å². The molecule has 1 amide bonds. The van der Waals surface area contributed by atoms with Crippen molar-refractivity contribution in [2.45, 2.75) is 19.3 Å². The number of nitro groups is 1. The number of amides is 1. The number of aliphatic carboxylic acids is 1. The molecule has 1 saturated carbocycles. The number of nitrogens with zero attached hydrogens (tertiary/aromatic N) is 1. The number of carbonyl (C=O) groups excluding carboxylic acids is 1. The van der Waals surface area contributed by atoms with Crippen molar-refractivity contribution in [3.05, 3.63) is 34.1 Å². The maximum Gasteiger partial charge on any atom is 0.307 e. The van der Waals surface area contributed by atoms with Gasteiger partial charge in [-0.1, -0.05) is 6.42 Å². The molecule has 1 fully saturated rings. The van der Waals surface area contributed by atoms with E-state index >= 15 is 0 Å². The zero-order chi connectivity index (χ0) is 15.6. The maximum atomic E-state index is 13.6. The minimum Gasteiger partial charge on any atom is -0.481 e. The highest BCUT2D eigenvalue weighted by Crippen LogP contribution is 2.33. The van der Waals surface area contributed by atoms with Crippen molar-refractivity contribution in [3.8, 4) is 0 Å². The molecule has 0 saturated heterocycles. The van der Waals surface area contributed by atoms with Crippen LogP contribution in [0.2, 0.25) is 0 Å². The Morgan fingerprint density at radius 3 is 2.62 bits per heavy atom. The van der Waals surface area contributed by atoms with E-state index in [1.807, 2.05) is 0 Å². The van der Waals surface area contributed by atoms with Crippen LogP contribution in [0, 0.1) is 27.8 Å². The van der Waals surface area contributed by atoms with E-state index in [1.54, 1.807) is 0 Å². The maximum absolute atomic E-state index is 13.6. The lowest BCUT2D eigenvalue weighted by Gasteiger charge is -2.15. The van der Waals surface area contributed by atoms with Gasteiger partial charge in [-0.25, -0.2) is 4.39 Å². The van der Waals surface area contributed by atoms with Crippen LogP contribution < -0.4 is 5.32 Å². The summed E-state index contributed by atoms with van der Waals surface area (Å²) in [5, 5.41) is 21.9. The lowest BCUT2D eigenvalue weighted by atomic mass is 9.95. The number of halogens is 1. The standard InChI is InChI=1S/C13H13FN2O5/c14-10-5-4-7(16(20)21)6-11(10)15-12(17)8-2-1-3-9(8)13(18)19/h4-6,8-9H,1-3H2,(H,15,17)(H,18,19). The van der Waals surface area contributed by atoms with E-state index in [0.29, 0.717) is 19.3 Å². The first-order chi connectivity index (χ1) is 9.90. The molecule has 0 heterocycles. The first-order valence-electron chi connectivity index (χ1n) is 6.37. The van der Waals surface area contributed by atoms with Crippen molar-refractivity contribution >= 4 is 23.3 Å². The molecule has 2 unspecified atom stereocenters. The van der Waals surface area contributed by atoms with Crippen LogP contribution >= 0.6 is 0 Å².